The lowest BCUT2D eigenvalue weighted by Gasteiger charge is -2.27. The second-order valence-electron chi connectivity index (χ2n) is 6.71. The number of hydrogen-bond donors (Lipinski definition) is 2. The van der Waals surface area contributed by atoms with Gasteiger partial charge in [-0.3, -0.25) is 0 Å². The van der Waals surface area contributed by atoms with Crippen molar-refractivity contribution in [3.63, 3.8) is 0 Å². The maximum absolute atomic E-state index is 10.7. The van der Waals surface area contributed by atoms with Crippen molar-refractivity contribution in [2.45, 2.75) is 37.3 Å². The predicted octanol–water partition coefficient (Wildman–Crippen LogP) is 4.48. The second kappa shape index (κ2) is 10.1. The van der Waals surface area contributed by atoms with Gasteiger partial charge in [-0.15, -0.1) is 6.42 Å². The molecule has 0 spiro atoms. The molecule has 0 saturated carbocycles. The van der Waals surface area contributed by atoms with E-state index in [1.54, 1.807) is 36.4 Å². The molecule has 0 bridgehead atoms. The molecule has 2 unspecified atom stereocenters. The Morgan fingerprint density at radius 1 is 1.00 bits per heavy atom. The quantitative estimate of drug-likeness (QED) is 0.559. The number of aliphatic hydroxyl groups excluding tert-OH is 1. The van der Waals surface area contributed by atoms with Crippen LogP contribution in [0.3, 0.4) is 0 Å². The molecule has 1 aliphatic rings. The normalized spacial score (nSPS) is 26.0. The van der Waals surface area contributed by atoms with Crippen LogP contribution in [-0.4, -0.2) is 40.9 Å². The molecule has 2 N–H and O–H groups in total. The minimum Gasteiger partial charge on any atom is -0.374 e. The van der Waals surface area contributed by atoms with Gasteiger partial charge in [-0.05, 0) is 35.4 Å². The SMILES string of the molecule is C#CC1(O)C(O)O[C@H](COCc2ccc(Cl)cc2Cl)[C@H]1OCc1ccc(Cl)cc1Cl. The van der Waals surface area contributed by atoms with Crippen molar-refractivity contribution in [2.24, 2.45) is 0 Å². The Hall–Kier alpha value is -1.04. The van der Waals surface area contributed by atoms with Crippen molar-refractivity contribution >= 4 is 46.4 Å². The summed E-state index contributed by atoms with van der Waals surface area (Å²) in [4.78, 5) is 0. The molecule has 0 aromatic heterocycles. The van der Waals surface area contributed by atoms with E-state index < -0.39 is 24.1 Å². The summed E-state index contributed by atoms with van der Waals surface area (Å²) in [6.07, 6.45) is 1.91. The molecule has 1 aliphatic heterocycles. The Morgan fingerprint density at radius 3 is 2.10 bits per heavy atom. The molecule has 1 saturated heterocycles. The summed E-state index contributed by atoms with van der Waals surface area (Å²) < 4.78 is 16.9. The molecule has 0 radical (unpaired) electrons. The Kier molecular flexibility index (Phi) is 7.92. The van der Waals surface area contributed by atoms with Gasteiger partial charge in [0.1, 0.15) is 12.2 Å². The molecule has 0 amide bonds. The summed E-state index contributed by atoms with van der Waals surface area (Å²) in [5.41, 5.74) is -0.697. The number of rotatable bonds is 7. The van der Waals surface area contributed by atoms with Gasteiger partial charge in [0.15, 0.2) is 6.29 Å². The Morgan fingerprint density at radius 2 is 1.57 bits per heavy atom. The molecule has 3 rings (SSSR count). The van der Waals surface area contributed by atoms with Crippen molar-refractivity contribution in [2.75, 3.05) is 6.61 Å². The van der Waals surface area contributed by atoms with Crippen LogP contribution < -0.4 is 0 Å². The van der Waals surface area contributed by atoms with Gasteiger partial charge in [-0.1, -0.05) is 64.5 Å². The predicted molar refractivity (Wildman–Crippen MR) is 116 cm³/mol. The highest BCUT2D eigenvalue weighted by molar-refractivity contribution is 6.35. The van der Waals surface area contributed by atoms with Crippen molar-refractivity contribution in [1.29, 1.82) is 0 Å². The average molecular weight is 492 g/mol. The third kappa shape index (κ3) is 5.23. The van der Waals surface area contributed by atoms with Crippen molar-refractivity contribution < 1.29 is 24.4 Å². The van der Waals surface area contributed by atoms with Gasteiger partial charge in [0, 0.05) is 20.1 Å². The van der Waals surface area contributed by atoms with Crippen LogP contribution >= 0.6 is 46.4 Å². The zero-order valence-electron chi connectivity index (χ0n) is 15.5. The first-order valence-corrected chi connectivity index (χ1v) is 10.4. The summed E-state index contributed by atoms with van der Waals surface area (Å²) in [5.74, 6) is 2.16. The third-order valence-electron chi connectivity index (χ3n) is 4.67. The van der Waals surface area contributed by atoms with E-state index in [4.69, 9.17) is 67.0 Å². The number of hydrogen-bond acceptors (Lipinski definition) is 5. The van der Waals surface area contributed by atoms with Crippen LogP contribution in [0.5, 0.6) is 0 Å². The van der Waals surface area contributed by atoms with E-state index in [0.717, 1.165) is 5.56 Å². The summed E-state index contributed by atoms with van der Waals surface area (Å²) >= 11 is 24.1. The number of benzene rings is 2. The van der Waals surface area contributed by atoms with Crippen LogP contribution in [0.1, 0.15) is 11.1 Å². The summed E-state index contributed by atoms with van der Waals surface area (Å²) in [5, 5.41) is 22.7. The Labute approximate surface area is 194 Å². The first kappa shape index (κ1) is 23.6. The maximum atomic E-state index is 10.7. The van der Waals surface area contributed by atoms with Crippen LogP contribution in [0.4, 0.5) is 0 Å². The largest absolute Gasteiger partial charge is 0.374 e. The monoisotopic (exact) mass is 490 g/mol. The molecule has 9 heteroatoms. The lowest BCUT2D eigenvalue weighted by Crippen LogP contribution is -2.49. The van der Waals surface area contributed by atoms with Crippen LogP contribution in [0.15, 0.2) is 36.4 Å². The number of aliphatic hydroxyl groups is 2. The molecule has 30 heavy (non-hydrogen) atoms. The van der Waals surface area contributed by atoms with E-state index in [1.165, 1.54) is 0 Å². The molecule has 2 aromatic carbocycles. The van der Waals surface area contributed by atoms with Gasteiger partial charge in [-0.2, -0.15) is 0 Å². The lowest BCUT2D eigenvalue weighted by molar-refractivity contribution is -0.158. The topological polar surface area (TPSA) is 68.2 Å². The van der Waals surface area contributed by atoms with Crippen LogP contribution in [0.25, 0.3) is 0 Å². The first-order chi connectivity index (χ1) is 14.2. The zero-order valence-corrected chi connectivity index (χ0v) is 18.5. The standard InChI is InChI=1S/C21H18Cl4O5/c1-2-21(27)19(29-10-13-4-6-15(23)8-17(13)25)18(30-20(21)26)11-28-9-12-3-5-14(22)7-16(12)24/h1,3-8,18-20,26-27H,9-11H2/t18-,19-,20?,21?/m1/s1. The Bertz CT molecular complexity index is 947. The molecule has 1 fully saturated rings. The number of terminal acetylenes is 1. The second-order valence-corrected chi connectivity index (χ2v) is 8.40. The average Bonchev–Trinajstić information content (AvgIpc) is 2.93. The fourth-order valence-electron chi connectivity index (χ4n) is 3.02. The van der Waals surface area contributed by atoms with Gasteiger partial charge >= 0.3 is 0 Å². The van der Waals surface area contributed by atoms with Gasteiger partial charge in [0.2, 0.25) is 5.60 Å². The minimum absolute atomic E-state index is 0.0141. The fourth-order valence-corrected chi connectivity index (χ4v) is 3.95. The van der Waals surface area contributed by atoms with Crippen molar-refractivity contribution in [3.05, 3.63) is 67.6 Å². The Balaban J connectivity index is 1.68. The zero-order chi connectivity index (χ0) is 21.9. The molecule has 160 valence electrons. The minimum atomic E-state index is -2.05. The number of halogens is 4. The molecular weight excluding hydrogens is 474 g/mol. The van der Waals surface area contributed by atoms with E-state index in [9.17, 15) is 10.2 Å². The van der Waals surface area contributed by atoms with Crippen LogP contribution in [-0.2, 0) is 27.4 Å². The number of ether oxygens (including phenoxy) is 3. The molecule has 2 aromatic rings. The lowest BCUT2D eigenvalue weighted by atomic mass is 9.96. The molecule has 0 aliphatic carbocycles. The van der Waals surface area contributed by atoms with Gasteiger partial charge < -0.3 is 24.4 Å². The van der Waals surface area contributed by atoms with Crippen molar-refractivity contribution in [1.82, 2.24) is 0 Å². The highest BCUT2D eigenvalue weighted by Crippen LogP contribution is 2.34. The fraction of sp³-hybridized carbons (Fsp3) is 0.333. The highest BCUT2D eigenvalue weighted by atomic mass is 35.5. The summed E-state index contributed by atoms with van der Waals surface area (Å²) in [6, 6.07) is 9.97. The van der Waals surface area contributed by atoms with E-state index in [1.807, 2.05) is 0 Å². The molecule has 4 atom stereocenters. The highest BCUT2D eigenvalue weighted by Gasteiger charge is 2.55. The molecule has 1 heterocycles. The van der Waals surface area contributed by atoms with Gasteiger partial charge in [0.25, 0.3) is 0 Å². The molecule has 5 nitrogen and oxygen atoms in total. The van der Waals surface area contributed by atoms with E-state index in [2.05, 4.69) is 5.92 Å². The molecular formula is C21H18Cl4O5. The van der Waals surface area contributed by atoms with E-state index in [0.29, 0.717) is 25.7 Å². The van der Waals surface area contributed by atoms with Crippen LogP contribution in [0.2, 0.25) is 20.1 Å². The van der Waals surface area contributed by atoms with Crippen molar-refractivity contribution in [3.8, 4) is 12.3 Å². The first-order valence-electron chi connectivity index (χ1n) is 8.85. The van der Waals surface area contributed by atoms with Crippen LogP contribution in [0, 0.1) is 12.3 Å². The summed E-state index contributed by atoms with van der Waals surface area (Å²) in [7, 11) is 0. The van der Waals surface area contributed by atoms with E-state index >= 15 is 0 Å². The summed E-state index contributed by atoms with van der Waals surface area (Å²) in [6.45, 7) is 0.162. The van der Waals surface area contributed by atoms with Gasteiger partial charge in [0.05, 0.1) is 19.8 Å². The third-order valence-corrected chi connectivity index (χ3v) is 5.85. The van der Waals surface area contributed by atoms with E-state index in [-0.39, 0.29) is 19.8 Å². The van der Waals surface area contributed by atoms with Gasteiger partial charge in [-0.25, -0.2) is 0 Å². The maximum Gasteiger partial charge on any atom is 0.205 e. The smallest absolute Gasteiger partial charge is 0.205 e.